The van der Waals surface area contributed by atoms with Crippen LogP contribution in [0.2, 0.25) is 0 Å². The lowest BCUT2D eigenvalue weighted by Gasteiger charge is -2.18. The molecule has 0 aromatic heterocycles. The zero-order valence-electron chi connectivity index (χ0n) is 6.98. The minimum atomic E-state index is -3.57. The molecule has 0 heterocycles. The molecule has 0 spiro atoms. The van der Waals surface area contributed by atoms with Crippen molar-refractivity contribution >= 4 is 5.97 Å². The maximum absolute atomic E-state index is 12.5. The summed E-state index contributed by atoms with van der Waals surface area (Å²) in [4.78, 5) is 10.3. The number of hydrogen-bond acceptors (Lipinski definition) is 2. The monoisotopic (exact) mass is 187 g/mol. The van der Waals surface area contributed by atoms with Gasteiger partial charge in [0.25, 0.3) is 0 Å². The fraction of sp³-hybridized carbons (Fsp3) is 0.500. The van der Waals surface area contributed by atoms with Crippen molar-refractivity contribution in [3.63, 3.8) is 0 Å². The van der Waals surface area contributed by atoms with Gasteiger partial charge in [0.1, 0.15) is 0 Å². The Hall–Kier alpha value is -1.07. The van der Waals surface area contributed by atoms with Gasteiger partial charge < -0.3 is 4.74 Å². The highest BCUT2D eigenvalue weighted by molar-refractivity contribution is 5.85. The molecule has 0 aliphatic heterocycles. The lowest BCUT2D eigenvalue weighted by atomic mass is 10.4. The molecule has 0 amide bonds. The second-order valence-electron chi connectivity index (χ2n) is 2.02. The van der Waals surface area contributed by atoms with Gasteiger partial charge in [-0.1, -0.05) is 6.55 Å². The Labute approximate surface area is 67.2 Å². The first-order valence-electron chi connectivity index (χ1n) is 3.33. The Morgan fingerprint density at radius 3 is 2.58 bits per heavy atom. The number of alkyl halides is 3. The summed E-state index contributed by atoms with van der Waals surface area (Å²) < 4.78 is 57.7. The highest BCUT2D eigenvalue weighted by Gasteiger charge is 2.39. The lowest BCUT2D eigenvalue weighted by molar-refractivity contribution is -0.210. The van der Waals surface area contributed by atoms with Gasteiger partial charge in [-0.05, 0) is 0 Å². The highest BCUT2D eigenvalue weighted by atomic mass is 19.3. The quantitative estimate of drug-likeness (QED) is 0.383. The average Bonchev–Trinajstić information content (AvgIpc) is 2.01. The van der Waals surface area contributed by atoms with Crippen LogP contribution >= 0.6 is 0 Å². The molecule has 0 aliphatic rings. The molecule has 0 N–H and O–H groups in total. The summed E-state index contributed by atoms with van der Waals surface area (Å²) in [6.45, 7) is 0.219. The molecule has 0 saturated carbocycles. The Kier molecular flexibility index (Phi) is 2.67. The highest BCUT2D eigenvalue weighted by Crippen LogP contribution is 2.22. The summed E-state index contributed by atoms with van der Waals surface area (Å²) in [6, 6.07) is 0. The Balaban J connectivity index is 4.37. The van der Waals surface area contributed by atoms with Crippen molar-refractivity contribution in [2.75, 3.05) is 0 Å². The normalized spacial score (nSPS) is 18.5. The SMILES string of the molecule is [2H]/C=C(\F)C(=O)OC(C)(F)C(F)F. The van der Waals surface area contributed by atoms with E-state index in [-0.39, 0.29) is 13.5 Å². The average molecular weight is 187 g/mol. The van der Waals surface area contributed by atoms with Crippen LogP contribution in [-0.2, 0) is 9.53 Å². The van der Waals surface area contributed by atoms with Gasteiger partial charge in [-0.3, -0.25) is 0 Å². The summed E-state index contributed by atoms with van der Waals surface area (Å²) in [5.74, 6) is -7.22. The third-order valence-electron chi connectivity index (χ3n) is 0.877. The molecule has 70 valence electrons. The van der Waals surface area contributed by atoms with Crippen LogP contribution in [0.5, 0.6) is 0 Å². The molecule has 0 aromatic carbocycles. The molecule has 0 aromatic rings. The smallest absolute Gasteiger partial charge is 0.369 e. The van der Waals surface area contributed by atoms with E-state index in [9.17, 15) is 22.4 Å². The number of hydrogen-bond donors (Lipinski definition) is 0. The van der Waals surface area contributed by atoms with E-state index >= 15 is 0 Å². The number of rotatable bonds is 3. The molecular formula is C6H6F4O2. The predicted octanol–water partition coefficient (Wildman–Crippen LogP) is 1.96. The second-order valence-corrected chi connectivity index (χ2v) is 2.02. The summed E-state index contributed by atoms with van der Waals surface area (Å²) in [5.41, 5.74) is 0. The van der Waals surface area contributed by atoms with E-state index in [2.05, 4.69) is 4.74 Å². The van der Waals surface area contributed by atoms with Crippen molar-refractivity contribution in [1.29, 1.82) is 0 Å². The second kappa shape index (κ2) is 3.55. The minimum Gasteiger partial charge on any atom is -0.417 e. The first kappa shape index (κ1) is 9.02. The molecule has 0 aliphatic carbocycles. The third kappa shape index (κ3) is 2.89. The van der Waals surface area contributed by atoms with Crippen molar-refractivity contribution in [2.45, 2.75) is 19.2 Å². The van der Waals surface area contributed by atoms with Crippen LogP contribution < -0.4 is 0 Å². The predicted molar refractivity (Wildman–Crippen MR) is 31.9 cm³/mol. The van der Waals surface area contributed by atoms with Crippen molar-refractivity contribution in [1.82, 2.24) is 0 Å². The van der Waals surface area contributed by atoms with Gasteiger partial charge in [-0.2, -0.15) is 8.78 Å². The third-order valence-corrected chi connectivity index (χ3v) is 0.877. The van der Waals surface area contributed by atoms with Gasteiger partial charge in [0.05, 0.1) is 1.37 Å². The van der Waals surface area contributed by atoms with E-state index in [1.165, 1.54) is 0 Å². The van der Waals surface area contributed by atoms with Crippen LogP contribution in [0, 0.1) is 0 Å². The Bertz CT molecular complexity index is 227. The van der Waals surface area contributed by atoms with Crippen LogP contribution in [0.3, 0.4) is 0 Å². The van der Waals surface area contributed by atoms with Crippen molar-refractivity contribution < 1.29 is 28.5 Å². The standard InChI is InChI=1S/C6H6F4O2/c1-3(7)4(11)12-6(2,10)5(8)9/h5H,1H2,2H3/i1D/b3-1-. The van der Waals surface area contributed by atoms with Gasteiger partial charge in [0.15, 0.2) is 0 Å². The maximum Gasteiger partial charge on any atom is 0.369 e. The molecule has 0 rings (SSSR count). The molecule has 1 atom stereocenters. The van der Waals surface area contributed by atoms with E-state index in [1.54, 1.807) is 0 Å². The number of ether oxygens (including phenoxy) is 1. The van der Waals surface area contributed by atoms with Gasteiger partial charge in [0.2, 0.25) is 5.83 Å². The van der Waals surface area contributed by atoms with Crippen molar-refractivity contribution in [3.05, 3.63) is 12.4 Å². The van der Waals surface area contributed by atoms with E-state index in [0.717, 1.165) is 0 Å². The van der Waals surface area contributed by atoms with Crippen LogP contribution in [0.1, 0.15) is 8.29 Å². The van der Waals surface area contributed by atoms with E-state index in [0.29, 0.717) is 0 Å². The Morgan fingerprint density at radius 1 is 1.75 bits per heavy atom. The first-order chi connectivity index (χ1) is 5.81. The molecule has 1 unspecified atom stereocenters. The molecule has 2 nitrogen and oxygen atoms in total. The minimum absolute atomic E-state index is 0.0656. The van der Waals surface area contributed by atoms with Gasteiger partial charge >= 0.3 is 18.2 Å². The Morgan fingerprint density at radius 2 is 2.25 bits per heavy atom. The van der Waals surface area contributed by atoms with Crippen LogP contribution in [0.15, 0.2) is 12.4 Å². The number of halogens is 4. The molecule has 6 heteroatoms. The molecule has 12 heavy (non-hydrogen) atoms. The summed E-state index contributed by atoms with van der Waals surface area (Å²) in [5, 5.41) is 0. The van der Waals surface area contributed by atoms with E-state index in [4.69, 9.17) is 1.37 Å². The molecule has 0 radical (unpaired) electrons. The summed E-state index contributed by atoms with van der Waals surface area (Å²) in [7, 11) is 0. The van der Waals surface area contributed by atoms with E-state index in [1.807, 2.05) is 0 Å². The van der Waals surface area contributed by atoms with Crippen molar-refractivity contribution in [3.8, 4) is 0 Å². The maximum atomic E-state index is 12.5. The molecule has 0 fully saturated rings. The number of carbonyl (C=O) groups excluding carboxylic acids is 1. The van der Waals surface area contributed by atoms with Gasteiger partial charge in [0, 0.05) is 6.92 Å². The molecular weight excluding hydrogens is 180 g/mol. The first-order valence-corrected chi connectivity index (χ1v) is 2.75. The van der Waals surface area contributed by atoms with Crippen LogP contribution in [-0.4, -0.2) is 18.2 Å². The molecule has 0 bridgehead atoms. The van der Waals surface area contributed by atoms with E-state index < -0.39 is 24.1 Å². The lowest BCUT2D eigenvalue weighted by Crippen LogP contribution is -2.34. The zero-order valence-corrected chi connectivity index (χ0v) is 5.98. The van der Waals surface area contributed by atoms with Gasteiger partial charge in [-0.25, -0.2) is 13.6 Å². The molecule has 0 saturated heterocycles. The van der Waals surface area contributed by atoms with Crippen LogP contribution in [0.25, 0.3) is 0 Å². The van der Waals surface area contributed by atoms with Crippen LogP contribution in [0.4, 0.5) is 17.6 Å². The van der Waals surface area contributed by atoms with Crippen molar-refractivity contribution in [2.24, 2.45) is 0 Å². The number of carbonyl (C=O) groups is 1. The summed E-state index contributed by atoms with van der Waals surface area (Å²) in [6.07, 6.45) is -3.57. The zero-order chi connectivity index (χ0) is 10.6. The fourth-order valence-corrected chi connectivity index (χ4v) is 0.275. The topological polar surface area (TPSA) is 26.3 Å². The largest absolute Gasteiger partial charge is 0.417 e. The van der Waals surface area contributed by atoms with Gasteiger partial charge in [-0.15, -0.1) is 0 Å². The fourth-order valence-electron chi connectivity index (χ4n) is 0.275. The summed E-state index contributed by atoms with van der Waals surface area (Å²) >= 11 is 0. The number of esters is 1.